The molecule has 0 aromatic heterocycles. The highest BCUT2D eigenvalue weighted by molar-refractivity contribution is 7.53. The molecule has 1 aliphatic heterocycles. The minimum Gasteiger partial charge on any atom is -0.390 e. The first-order valence-corrected chi connectivity index (χ1v) is 14.7. The summed E-state index contributed by atoms with van der Waals surface area (Å²) in [6.45, 7) is 13.6. The third-order valence-electron chi connectivity index (χ3n) is 6.39. The van der Waals surface area contributed by atoms with E-state index in [-0.39, 0.29) is 12.0 Å². The van der Waals surface area contributed by atoms with Gasteiger partial charge in [0.1, 0.15) is 5.60 Å². The van der Waals surface area contributed by atoms with Crippen molar-refractivity contribution >= 4 is 13.6 Å². The standard InChI is InChI=1S/C25H52N3O5P/c1-9-11-13-15-22(14-12-10-2)33-34(31,26(7)8)28-19-17-27(18-20-28)23(29)25(5,6)32-21-16-24(3,4)30/h22,30H,9-21H2,1-8H3. The van der Waals surface area contributed by atoms with Gasteiger partial charge in [0.2, 0.25) is 0 Å². The van der Waals surface area contributed by atoms with E-state index in [1.807, 2.05) is 18.8 Å². The van der Waals surface area contributed by atoms with Crippen molar-refractivity contribution < 1.29 is 23.7 Å². The second-order valence-corrected chi connectivity index (χ2v) is 13.4. The summed E-state index contributed by atoms with van der Waals surface area (Å²) in [7, 11) is 0.465. The third-order valence-corrected chi connectivity index (χ3v) is 9.09. The predicted octanol–water partition coefficient (Wildman–Crippen LogP) is 4.91. The number of rotatable bonds is 16. The van der Waals surface area contributed by atoms with Crippen LogP contribution < -0.4 is 0 Å². The molecule has 0 saturated carbocycles. The van der Waals surface area contributed by atoms with Crippen LogP contribution in [0.4, 0.5) is 0 Å². The van der Waals surface area contributed by atoms with Crippen molar-refractivity contribution in [1.82, 2.24) is 14.2 Å². The molecule has 0 aromatic rings. The molecular weight excluding hydrogens is 453 g/mol. The van der Waals surface area contributed by atoms with Gasteiger partial charge in [-0.25, -0.2) is 9.34 Å². The zero-order valence-corrected chi connectivity index (χ0v) is 24.0. The number of piperazine rings is 1. The summed E-state index contributed by atoms with van der Waals surface area (Å²) in [6.07, 6.45) is 7.85. The fraction of sp³-hybridized carbons (Fsp3) is 0.960. The lowest BCUT2D eigenvalue weighted by molar-refractivity contribution is -0.157. The first-order chi connectivity index (χ1) is 15.8. The topological polar surface area (TPSA) is 82.6 Å². The van der Waals surface area contributed by atoms with Gasteiger partial charge in [0.05, 0.1) is 18.3 Å². The number of hydrogen-bond acceptors (Lipinski definition) is 5. The first-order valence-electron chi connectivity index (χ1n) is 13.1. The van der Waals surface area contributed by atoms with Crippen molar-refractivity contribution in [3.05, 3.63) is 0 Å². The van der Waals surface area contributed by atoms with Crippen LogP contribution >= 0.6 is 7.67 Å². The molecule has 0 aromatic carbocycles. The number of nitrogens with zero attached hydrogens (tertiary/aromatic N) is 3. The Labute approximate surface area is 208 Å². The first kappa shape index (κ1) is 31.5. The molecule has 0 aliphatic carbocycles. The van der Waals surface area contributed by atoms with Crippen LogP contribution in [0.2, 0.25) is 0 Å². The van der Waals surface area contributed by atoms with Crippen molar-refractivity contribution in [2.75, 3.05) is 46.9 Å². The van der Waals surface area contributed by atoms with Crippen LogP contribution in [0.25, 0.3) is 0 Å². The lowest BCUT2D eigenvalue weighted by atomic mass is 10.0. The van der Waals surface area contributed by atoms with Gasteiger partial charge in [0.15, 0.2) is 0 Å². The zero-order chi connectivity index (χ0) is 26.0. The van der Waals surface area contributed by atoms with Gasteiger partial charge in [-0.1, -0.05) is 46.0 Å². The summed E-state index contributed by atoms with van der Waals surface area (Å²) in [6, 6.07) is 0. The van der Waals surface area contributed by atoms with Gasteiger partial charge >= 0.3 is 7.67 Å². The molecule has 1 saturated heterocycles. The average Bonchev–Trinajstić information content (AvgIpc) is 2.75. The van der Waals surface area contributed by atoms with E-state index < -0.39 is 18.9 Å². The summed E-state index contributed by atoms with van der Waals surface area (Å²) >= 11 is 0. The van der Waals surface area contributed by atoms with Gasteiger partial charge in [-0.15, -0.1) is 0 Å². The summed E-state index contributed by atoms with van der Waals surface area (Å²) in [5.41, 5.74) is -1.80. The highest BCUT2D eigenvalue weighted by Gasteiger charge is 2.41. The van der Waals surface area contributed by atoms with E-state index in [2.05, 4.69) is 13.8 Å². The van der Waals surface area contributed by atoms with E-state index in [1.165, 1.54) is 0 Å². The van der Waals surface area contributed by atoms with E-state index in [9.17, 15) is 14.5 Å². The molecule has 1 fully saturated rings. The van der Waals surface area contributed by atoms with Crippen LogP contribution in [0.3, 0.4) is 0 Å². The quantitative estimate of drug-likeness (QED) is 0.236. The molecular formula is C25H52N3O5P. The van der Waals surface area contributed by atoms with Crippen molar-refractivity contribution in [2.45, 2.75) is 110 Å². The SMILES string of the molecule is CCCCCC(CCCC)OP(=O)(N(C)C)N1CCN(C(=O)C(C)(C)OCCC(C)(C)O)CC1. The Morgan fingerprint density at radius 1 is 1.00 bits per heavy atom. The van der Waals surface area contributed by atoms with Crippen molar-refractivity contribution in [3.63, 3.8) is 0 Å². The van der Waals surface area contributed by atoms with E-state index in [1.54, 1.807) is 37.3 Å². The smallest absolute Gasteiger partial charge is 0.345 e. The number of unbranched alkanes of at least 4 members (excludes halogenated alkanes) is 3. The lowest BCUT2D eigenvalue weighted by Gasteiger charge is -2.43. The molecule has 0 spiro atoms. The average molecular weight is 506 g/mol. The van der Waals surface area contributed by atoms with Gasteiger partial charge in [-0.2, -0.15) is 0 Å². The molecule has 34 heavy (non-hydrogen) atoms. The van der Waals surface area contributed by atoms with Gasteiger partial charge < -0.3 is 19.3 Å². The number of carbonyl (C=O) groups excluding carboxylic acids is 1. The minimum absolute atomic E-state index is 0.0116. The third kappa shape index (κ3) is 10.2. The number of aliphatic hydroxyl groups is 1. The summed E-state index contributed by atoms with van der Waals surface area (Å²) in [5.74, 6) is -0.0797. The Morgan fingerprint density at radius 2 is 1.56 bits per heavy atom. The van der Waals surface area contributed by atoms with Crippen LogP contribution in [0.15, 0.2) is 0 Å². The number of amides is 1. The van der Waals surface area contributed by atoms with E-state index >= 15 is 0 Å². The minimum atomic E-state index is -3.18. The van der Waals surface area contributed by atoms with Crippen LogP contribution in [-0.2, 0) is 18.6 Å². The van der Waals surface area contributed by atoms with Gasteiger partial charge in [0, 0.05) is 26.2 Å². The zero-order valence-electron chi connectivity index (χ0n) is 23.1. The normalized spacial score (nSPS) is 18.8. The van der Waals surface area contributed by atoms with Gasteiger partial charge in [-0.05, 0) is 61.1 Å². The summed E-state index contributed by atoms with van der Waals surface area (Å²) in [5, 5.41) is 9.90. The molecule has 0 radical (unpaired) electrons. The molecule has 2 atom stereocenters. The Balaban J connectivity index is 2.77. The van der Waals surface area contributed by atoms with Crippen LogP contribution in [0, 0.1) is 0 Å². The maximum absolute atomic E-state index is 14.1. The molecule has 0 bridgehead atoms. The monoisotopic (exact) mass is 505 g/mol. The fourth-order valence-corrected chi connectivity index (χ4v) is 6.17. The lowest BCUT2D eigenvalue weighted by Crippen LogP contribution is -2.55. The summed E-state index contributed by atoms with van der Waals surface area (Å²) < 4.78 is 29.9. The Hall–Kier alpha value is -0.500. The van der Waals surface area contributed by atoms with Crippen molar-refractivity contribution in [1.29, 1.82) is 0 Å². The predicted molar refractivity (Wildman–Crippen MR) is 139 cm³/mol. The molecule has 1 heterocycles. The molecule has 9 heteroatoms. The number of carbonyl (C=O) groups is 1. The van der Waals surface area contributed by atoms with Gasteiger partial charge in [0.25, 0.3) is 5.91 Å². The van der Waals surface area contributed by atoms with Gasteiger partial charge in [-0.3, -0.25) is 9.36 Å². The highest BCUT2D eigenvalue weighted by atomic mass is 31.2. The van der Waals surface area contributed by atoms with E-state index in [0.717, 1.165) is 44.9 Å². The van der Waals surface area contributed by atoms with E-state index in [4.69, 9.17) is 9.26 Å². The fourth-order valence-electron chi connectivity index (χ4n) is 4.06. The molecule has 1 rings (SSSR count). The Morgan fingerprint density at radius 3 is 2.06 bits per heavy atom. The molecule has 8 nitrogen and oxygen atoms in total. The van der Waals surface area contributed by atoms with Crippen molar-refractivity contribution in [3.8, 4) is 0 Å². The Bertz CT molecular complexity index is 643. The highest BCUT2D eigenvalue weighted by Crippen LogP contribution is 2.54. The van der Waals surface area contributed by atoms with Crippen LogP contribution in [0.1, 0.15) is 92.9 Å². The second-order valence-electron chi connectivity index (χ2n) is 10.9. The maximum atomic E-state index is 14.1. The van der Waals surface area contributed by atoms with E-state index in [0.29, 0.717) is 39.2 Å². The van der Waals surface area contributed by atoms with Crippen molar-refractivity contribution in [2.24, 2.45) is 0 Å². The Kier molecular flexibility index (Phi) is 13.3. The largest absolute Gasteiger partial charge is 0.390 e. The molecule has 1 amide bonds. The summed E-state index contributed by atoms with van der Waals surface area (Å²) in [4.78, 5) is 14.9. The second kappa shape index (κ2) is 14.3. The molecule has 202 valence electrons. The maximum Gasteiger partial charge on any atom is 0.345 e. The molecule has 1 N–H and O–H groups in total. The molecule has 2 unspecified atom stereocenters. The number of ether oxygens (including phenoxy) is 1. The van der Waals surface area contributed by atoms with Crippen LogP contribution in [0.5, 0.6) is 0 Å². The van der Waals surface area contributed by atoms with Crippen LogP contribution in [-0.4, -0.2) is 89.4 Å². The number of hydrogen-bond donors (Lipinski definition) is 1. The molecule has 1 aliphatic rings.